The summed E-state index contributed by atoms with van der Waals surface area (Å²) in [7, 11) is -1.46. The predicted molar refractivity (Wildman–Crippen MR) is 47.4 cm³/mol. The van der Waals surface area contributed by atoms with Gasteiger partial charge in [0.25, 0.3) is 0 Å². The molecule has 0 aliphatic carbocycles. The first kappa shape index (κ1) is 9.25. The van der Waals surface area contributed by atoms with Gasteiger partial charge in [-0.15, -0.1) is 6.58 Å². The molecule has 0 aliphatic rings. The van der Waals surface area contributed by atoms with Crippen LogP contribution in [0.4, 0.5) is 0 Å². The van der Waals surface area contributed by atoms with Gasteiger partial charge in [-0.2, -0.15) is 11.1 Å². The molecule has 9 heavy (non-hydrogen) atoms. The first-order valence-corrected chi connectivity index (χ1v) is 7.01. The maximum absolute atomic E-state index is 6.23. The standard InChI is InChI=1S/C7H15ClSi/c1-4-7-9(8,5-2)6-3/h5H,2,4,6-7H2,1,3H3. The topological polar surface area (TPSA) is 0 Å². The second-order valence-electron chi connectivity index (χ2n) is 2.34. The van der Waals surface area contributed by atoms with E-state index in [1.54, 1.807) is 0 Å². The molecule has 1 atom stereocenters. The van der Waals surface area contributed by atoms with Gasteiger partial charge in [0.05, 0.1) is 0 Å². The molecule has 0 N–H and O–H groups in total. The van der Waals surface area contributed by atoms with Gasteiger partial charge >= 0.3 is 0 Å². The minimum absolute atomic E-state index is 1.12. The Labute approximate surface area is 63.6 Å². The lowest BCUT2D eigenvalue weighted by Gasteiger charge is -2.15. The van der Waals surface area contributed by atoms with Gasteiger partial charge in [-0.3, -0.25) is 0 Å². The van der Waals surface area contributed by atoms with Crippen LogP contribution < -0.4 is 0 Å². The van der Waals surface area contributed by atoms with Crippen molar-refractivity contribution in [2.75, 3.05) is 0 Å². The first-order valence-electron chi connectivity index (χ1n) is 3.51. The SMILES string of the molecule is C=C[Si](Cl)(CC)CCC. The molecule has 0 radical (unpaired) electrons. The fourth-order valence-corrected chi connectivity index (χ4v) is 3.08. The zero-order chi connectivity index (χ0) is 7.33. The van der Waals surface area contributed by atoms with Gasteiger partial charge in [0.2, 0.25) is 0 Å². The van der Waals surface area contributed by atoms with Crippen molar-refractivity contribution < 1.29 is 0 Å². The summed E-state index contributed by atoms with van der Waals surface area (Å²) in [5.74, 6) is 0. The second-order valence-corrected chi connectivity index (χ2v) is 8.29. The highest BCUT2D eigenvalue weighted by Gasteiger charge is 2.22. The summed E-state index contributed by atoms with van der Waals surface area (Å²) in [6.07, 6.45) is 1.19. The van der Waals surface area contributed by atoms with Crippen molar-refractivity contribution in [3.05, 3.63) is 12.3 Å². The van der Waals surface area contributed by atoms with Crippen molar-refractivity contribution in [2.45, 2.75) is 32.4 Å². The first-order chi connectivity index (χ1) is 4.18. The largest absolute Gasteiger partial charge is 0.178 e. The Bertz CT molecular complexity index is 92.9. The van der Waals surface area contributed by atoms with Gasteiger partial charge in [-0.25, -0.2) is 0 Å². The molecule has 0 aliphatic heterocycles. The van der Waals surface area contributed by atoms with Crippen molar-refractivity contribution in [3.8, 4) is 0 Å². The maximum Gasteiger partial charge on any atom is 0.178 e. The molecule has 2 heteroatoms. The Hall–Kier alpha value is 0.247. The van der Waals surface area contributed by atoms with Gasteiger partial charge in [-0.1, -0.05) is 26.0 Å². The fraction of sp³-hybridized carbons (Fsp3) is 0.714. The number of halogens is 1. The highest BCUT2D eigenvalue weighted by molar-refractivity contribution is 7.23. The Morgan fingerprint density at radius 3 is 2.22 bits per heavy atom. The summed E-state index contributed by atoms with van der Waals surface area (Å²) in [6.45, 7) is 8.07. The molecule has 0 aromatic heterocycles. The predicted octanol–water partition coefficient (Wildman–Crippen LogP) is 3.33. The molecule has 0 rings (SSSR count). The van der Waals surface area contributed by atoms with Crippen molar-refractivity contribution in [3.63, 3.8) is 0 Å². The van der Waals surface area contributed by atoms with Crippen LogP contribution in [0.1, 0.15) is 20.3 Å². The van der Waals surface area contributed by atoms with Crippen molar-refractivity contribution in [1.82, 2.24) is 0 Å². The zero-order valence-corrected chi connectivity index (χ0v) is 8.04. The third kappa shape index (κ3) is 3.07. The Kier molecular flexibility index (Phi) is 4.24. The number of hydrogen-bond donors (Lipinski definition) is 0. The average molecular weight is 163 g/mol. The number of rotatable bonds is 4. The monoisotopic (exact) mass is 162 g/mol. The van der Waals surface area contributed by atoms with E-state index in [0.717, 1.165) is 6.04 Å². The molecule has 1 unspecified atom stereocenters. The van der Waals surface area contributed by atoms with Crippen LogP contribution in [0.5, 0.6) is 0 Å². The Morgan fingerprint density at radius 1 is 1.56 bits per heavy atom. The minimum atomic E-state index is -1.46. The van der Waals surface area contributed by atoms with E-state index in [9.17, 15) is 0 Å². The normalized spacial score (nSPS) is 16.8. The molecule has 54 valence electrons. The molecule has 0 heterocycles. The fourth-order valence-electron chi connectivity index (χ4n) is 0.839. The Morgan fingerprint density at radius 2 is 2.11 bits per heavy atom. The average Bonchev–Trinajstić information content (AvgIpc) is 1.89. The quantitative estimate of drug-likeness (QED) is 0.440. The lowest BCUT2D eigenvalue weighted by atomic mass is 10.6. The summed E-state index contributed by atoms with van der Waals surface area (Å²) in [6, 6.07) is 2.29. The third-order valence-electron chi connectivity index (χ3n) is 1.62. The zero-order valence-electron chi connectivity index (χ0n) is 6.28. The summed E-state index contributed by atoms with van der Waals surface area (Å²) >= 11 is 6.23. The van der Waals surface area contributed by atoms with E-state index >= 15 is 0 Å². The van der Waals surface area contributed by atoms with Crippen LogP contribution in [0.3, 0.4) is 0 Å². The number of hydrogen-bond acceptors (Lipinski definition) is 0. The Balaban J connectivity index is 3.76. The summed E-state index contributed by atoms with van der Waals surface area (Å²) < 4.78 is 0. The van der Waals surface area contributed by atoms with Crippen LogP contribution >= 0.6 is 11.1 Å². The molecular weight excluding hydrogens is 148 g/mol. The molecule has 0 amide bonds. The van der Waals surface area contributed by atoms with Gasteiger partial charge in [0, 0.05) is 0 Å². The molecule has 0 saturated carbocycles. The van der Waals surface area contributed by atoms with E-state index in [2.05, 4.69) is 20.4 Å². The molecule has 0 fully saturated rings. The van der Waals surface area contributed by atoms with Crippen molar-refractivity contribution in [2.24, 2.45) is 0 Å². The molecule has 0 nitrogen and oxygen atoms in total. The minimum Gasteiger partial charge on any atom is -0.162 e. The lowest BCUT2D eigenvalue weighted by molar-refractivity contribution is 1.05. The van der Waals surface area contributed by atoms with Crippen molar-refractivity contribution in [1.29, 1.82) is 0 Å². The van der Waals surface area contributed by atoms with Crippen LogP contribution in [-0.2, 0) is 0 Å². The summed E-state index contributed by atoms with van der Waals surface area (Å²) in [4.78, 5) is 0. The van der Waals surface area contributed by atoms with Gasteiger partial charge < -0.3 is 0 Å². The molecule has 0 aromatic carbocycles. The van der Waals surface area contributed by atoms with E-state index in [1.165, 1.54) is 12.5 Å². The van der Waals surface area contributed by atoms with E-state index in [1.807, 2.05) is 5.70 Å². The second kappa shape index (κ2) is 4.12. The smallest absolute Gasteiger partial charge is 0.162 e. The van der Waals surface area contributed by atoms with Crippen LogP contribution in [0.25, 0.3) is 0 Å². The molecular formula is C7H15ClSi. The highest BCUT2D eigenvalue weighted by atomic mass is 35.6. The van der Waals surface area contributed by atoms with E-state index in [4.69, 9.17) is 11.1 Å². The van der Waals surface area contributed by atoms with E-state index < -0.39 is 7.38 Å². The van der Waals surface area contributed by atoms with E-state index in [0.29, 0.717) is 0 Å². The van der Waals surface area contributed by atoms with Gasteiger partial charge in [-0.05, 0) is 12.1 Å². The van der Waals surface area contributed by atoms with Crippen LogP contribution in [0.2, 0.25) is 12.1 Å². The third-order valence-corrected chi connectivity index (χ3v) is 6.69. The van der Waals surface area contributed by atoms with Crippen molar-refractivity contribution >= 4 is 18.5 Å². The molecule has 0 bridgehead atoms. The molecule has 0 aromatic rings. The summed E-state index contributed by atoms with van der Waals surface area (Å²) in [5.41, 5.74) is 1.98. The molecule has 0 saturated heterocycles. The van der Waals surface area contributed by atoms with Crippen LogP contribution in [0, 0.1) is 0 Å². The van der Waals surface area contributed by atoms with Crippen LogP contribution in [-0.4, -0.2) is 7.38 Å². The van der Waals surface area contributed by atoms with E-state index in [-0.39, 0.29) is 0 Å². The molecule has 0 spiro atoms. The van der Waals surface area contributed by atoms with Gasteiger partial charge in [0.15, 0.2) is 7.38 Å². The van der Waals surface area contributed by atoms with Crippen LogP contribution in [0.15, 0.2) is 12.3 Å². The highest BCUT2D eigenvalue weighted by Crippen LogP contribution is 2.22. The summed E-state index contributed by atoms with van der Waals surface area (Å²) in [5, 5.41) is 0. The van der Waals surface area contributed by atoms with Gasteiger partial charge in [0.1, 0.15) is 0 Å². The lowest BCUT2D eigenvalue weighted by Crippen LogP contribution is -2.21. The maximum atomic E-state index is 6.23.